The van der Waals surface area contributed by atoms with Crippen molar-refractivity contribution in [2.75, 3.05) is 4.90 Å². The largest absolute Gasteiger partial charge is 0.366 e. The lowest BCUT2D eigenvalue weighted by Crippen LogP contribution is -2.31. The smallest absolute Gasteiger partial charge is 0.248 e. The second-order valence-corrected chi connectivity index (χ2v) is 8.60. The molecule has 0 radical (unpaired) electrons. The quantitative estimate of drug-likeness (QED) is 0.600. The van der Waals surface area contributed by atoms with Crippen LogP contribution in [-0.2, 0) is 22.4 Å². The standard InChI is InChI=1S/C22H20N4O3S/c23-12-15-10-14-4-2-1-3-5-17(14)25-21(15)30-18-11-19(27)26(22(18)29)16-8-6-13(7-9-16)20(24)28/h6-10,18H,1-5,11H2,(H2,24,28). The van der Waals surface area contributed by atoms with Crippen molar-refractivity contribution in [1.82, 2.24) is 4.98 Å². The number of nitriles is 1. The Balaban J connectivity index is 1.58. The first-order valence-corrected chi connectivity index (χ1v) is 10.7. The number of amides is 3. The maximum absolute atomic E-state index is 13.0. The van der Waals surface area contributed by atoms with Crippen LogP contribution in [0.15, 0.2) is 35.4 Å². The number of benzene rings is 1. The molecule has 0 saturated carbocycles. The minimum Gasteiger partial charge on any atom is -0.366 e. The minimum absolute atomic E-state index is 0.0324. The van der Waals surface area contributed by atoms with Crippen LogP contribution in [0.25, 0.3) is 0 Å². The van der Waals surface area contributed by atoms with Crippen molar-refractivity contribution >= 4 is 35.2 Å². The molecule has 4 rings (SSSR count). The maximum atomic E-state index is 13.0. The van der Waals surface area contributed by atoms with Crippen LogP contribution in [0, 0.1) is 11.3 Å². The summed E-state index contributed by atoms with van der Waals surface area (Å²) >= 11 is 1.18. The third kappa shape index (κ3) is 3.81. The van der Waals surface area contributed by atoms with E-state index >= 15 is 0 Å². The number of rotatable bonds is 4. The average molecular weight is 420 g/mol. The summed E-state index contributed by atoms with van der Waals surface area (Å²) in [5.74, 6) is -1.25. The number of nitrogens with zero attached hydrogens (tertiary/aromatic N) is 3. The average Bonchev–Trinajstić information content (AvgIpc) is 2.89. The lowest BCUT2D eigenvalue weighted by molar-refractivity contribution is -0.121. The molecule has 2 heterocycles. The molecule has 7 nitrogen and oxygen atoms in total. The number of primary amides is 1. The lowest BCUT2D eigenvalue weighted by atomic mass is 10.1. The second kappa shape index (κ2) is 8.28. The summed E-state index contributed by atoms with van der Waals surface area (Å²) in [6, 6.07) is 10.1. The molecule has 2 aliphatic rings. The van der Waals surface area contributed by atoms with E-state index in [1.807, 2.05) is 6.07 Å². The van der Waals surface area contributed by atoms with Gasteiger partial charge in [-0.05, 0) is 61.6 Å². The summed E-state index contributed by atoms with van der Waals surface area (Å²) in [5, 5.41) is 9.45. The number of hydrogen-bond acceptors (Lipinski definition) is 6. The fourth-order valence-corrected chi connectivity index (χ4v) is 4.93. The molecule has 152 valence electrons. The SMILES string of the molecule is N#Cc1cc2c(nc1SC1CC(=O)N(c3ccc(C(N)=O)cc3)C1=O)CCCCC2. The van der Waals surface area contributed by atoms with Crippen molar-refractivity contribution in [2.45, 2.75) is 48.8 Å². The molecule has 1 aromatic heterocycles. The minimum atomic E-state index is -0.642. The zero-order valence-corrected chi connectivity index (χ0v) is 17.1. The van der Waals surface area contributed by atoms with E-state index in [2.05, 4.69) is 6.07 Å². The number of carbonyl (C=O) groups is 3. The monoisotopic (exact) mass is 420 g/mol. The molecular formula is C22H20N4O3S. The number of imide groups is 1. The Kier molecular flexibility index (Phi) is 5.55. The molecule has 2 N–H and O–H groups in total. The highest BCUT2D eigenvalue weighted by Gasteiger charge is 2.40. The highest BCUT2D eigenvalue weighted by atomic mass is 32.2. The molecule has 8 heteroatoms. The van der Waals surface area contributed by atoms with E-state index in [1.54, 1.807) is 0 Å². The molecule has 2 aromatic rings. The Morgan fingerprint density at radius 3 is 2.60 bits per heavy atom. The van der Waals surface area contributed by atoms with Gasteiger partial charge in [-0.2, -0.15) is 5.26 Å². The van der Waals surface area contributed by atoms with Gasteiger partial charge in [-0.1, -0.05) is 18.2 Å². The van der Waals surface area contributed by atoms with E-state index in [-0.39, 0.29) is 18.2 Å². The highest BCUT2D eigenvalue weighted by Crippen LogP contribution is 2.36. The molecule has 30 heavy (non-hydrogen) atoms. The Morgan fingerprint density at radius 1 is 1.17 bits per heavy atom. The highest BCUT2D eigenvalue weighted by molar-refractivity contribution is 8.00. The molecule has 0 bridgehead atoms. The van der Waals surface area contributed by atoms with Crippen LogP contribution in [0.1, 0.15) is 52.9 Å². The normalized spacial score (nSPS) is 18.6. The maximum Gasteiger partial charge on any atom is 0.248 e. The zero-order valence-electron chi connectivity index (χ0n) is 16.3. The third-order valence-electron chi connectivity index (χ3n) is 5.41. The van der Waals surface area contributed by atoms with Crippen molar-refractivity contribution in [3.8, 4) is 6.07 Å². The zero-order chi connectivity index (χ0) is 21.3. The first kappa shape index (κ1) is 20.1. The van der Waals surface area contributed by atoms with E-state index in [0.29, 0.717) is 21.8 Å². The number of nitrogens with two attached hydrogens (primary N) is 1. The number of aryl methyl sites for hydroxylation is 2. The van der Waals surface area contributed by atoms with E-state index in [0.717, 1.165) is 48.3 Å². The summed E-state index contributed by atoms with van der Waals surface area (Å²) in [5.41, 5.74) is 8.49. The third-order valence-corrected chi connectivity index (χ3v) is 6.59. The van der Waals surface area contributed by atoms with Gasteiger partial charge >= 0.3 is 0 Å². The Hall–Kier alpha value is -3.18. The summed E-state index contributed by atoms with van der Waals surface area (Å²) in [4.78, 5) is 42.6. The number of carbonyl (C=O) groups excluding carboxylic acids is 3. The van der Waals surface area contributed by atoms with Crippen molar-refractivity contribution in [3.05, 3.63) is 52.7 Å². The number of thioether (sulfide) groups is 1. The van der Waals surface area contributed by atoms with Crippen LogP contribution < -0.4 is 10.6 Å². The van der Waals surface area contributed by atoms with E-state index in [4.69, 9.17) is 10.7 Å². The predicted molar refractivity (Wildman–Crippen MR) is 112 cm³/mol. The van der Waals surface area contributed by atoms with Gasteiger partial charge in [0.2, 0.25) is 17.7 Å². The van der Waals surface area contributed by atoms with Gasteiger partial charge in [0, 0.05) is 17.7 Å². The molecule has 1 aliphatic carbocycles. The Morgan fingerprint density at radius 2 is 1.90 bits per heavy atom. The van der Waals surface area contributed by atoms with E-state index in [9.17, 15) is 19.6 Å². The van der Waals surface area contributed by atoms with Gasteiger partial charge in [0.15, 0.2) is 0 Å². The number of aromatic nitrogens is 1. The number of fused-ring (bicyclic) bond motifs is 1. The Labute approximate surface area is 178 Å². The molecule has 1 atom stereocenters. The first-order valence-electron chi connectivity index (χ1n) is 9.84. The Bertz CT molecular complexity index is 1080. The second-order valence-electron chi connectivity index (χ2n) is 7.41. The van der Waals surface area contributed by atoms with Gasteiger partial charge in [-0.15, -0.1) is 0 Å². The topological polar surface area (TPSA) is 117 Å². The molecule has 1 aliphatic heterocycles. The van der Waals surface area contributed by atoms with Crippen LogP contribution in [-0.4, -0.2) is 28.0 Å². The summed E-state index contributed by atoms with van der Waals surface area (Å²) in [6.07, 6.45) is 5.10. The fourth-order valence-electron chi connectivity index (χ4n) is 3.84. The molecule has 0 spiro atoms. The lowest BCUT2D eigenvalue weighted by Gasteiger charge is -2.16. The molecule has 1 fully saturated rings. The van der Waals surface area contributed by atoms with Crippen molar-refractivity contribution in [3.63, 3.8) is 0 Å². The van der Waals surface area contributed by atoms with Gasteiger partial charge in [-0.25, -0.2) is 9.88 Å². The van der Waals surface area contributed by atoms with Gasteiger partial charge in [0.05, 0.1) is 16.5 Å². The number of anilines is 1. The van der Waals surface area contributed by atoms with Crippen molar-refractivity contribution in [1.29, 1.82) is 5.26 Å². The molecule has 1 unspecified atom stereocenters. The summed E-state index contributed by atoms with van der Waals surface area (Å²) in [6.45, 7) is 0. The van der Waals surface area contributed by atoms with Crippen molar-refractivity contribution in [2.24, 2.45) is 5.73 Å². The summed E-state index contributed by atoms with van der Waals surface area (Å²) in [7, 11) is 0. The van der Waals surface area contributed by atoms with E-state index < -0.39 is 11.2 Å². The molecule has 1 saturated heterocycles. The van der Waals surface area contributed by atoms with Crippen LogP contribution in [0.5, 0.6) is 0 Å². The van der Waals surface area contributed by atoms with Gasteiger partial charge in [0.1, 0.15) is 11.1 Å². The van der Waals surface area contributed by atoms with Gasteiger partial charge in [-0.3, -0.25) is 14.4 Å². The first-order chi connectivity index (χ1) is 14.5. The predicted octanol–water partition coefficient (Wildman–Crippen LogP) is 2.75. The van der Waals surface area contributed by atoms with Crippen molar-refractivity contribution < 1.29 is 14.4 Å². The van der Waals surface area contributed by atoms with Gasteiger partial charge in [0.25, 0.3) is 0 Å². The molecule has 3 amide bonds. The van der Waals surface area contributed by atoms with E-state index in [1.165, 1.54) is 36.0 Å². The fraction of sp³-hybridized carbons (Fsp3) is 0.318. The number of pyridine rings is 1. The van der Waals surface area contributed by atoms with Crippen LogP contribution in [0.3, 0.4) is 0 Å². The van der Waals surface area contributed by atoms with Crippen LogP contribution in [0.4, 0.5) is 5.69 Å². The number of hydrogen-bond donors (Lipinski definition) is 1. The van der Waals surface area contributed by atoms with Crippen LogP contribution >= 0.6 is 11.8 Å². The molecule has 1 aromatic carbocycles. The summed E-state index contributed by atoms with van der Waals surface area (Å²) < 4.78 is 0. The molecular weight excluding hydrogens is 400 g/mol. The van der Waals surface area contributed by atoms with Crippen LogP contribution in [0.2, 0.25) is 0 Å². The van der Waals surface area contributed by atoms with Gasteiger partial charge < -0.3 is 5.73 Å².